The van der Waals surface area contributed by atoms with Gasteiger partial charge in [-0.25, -0.2) is 0 Å². The van der Waals surface area contributed by atoms with Crippen LogP contribution in [-0.4, -0.2) is 49.2 Å². The van der Waals surface area contributed by atoms with Gasteiger partial charge in [0, 0.05) is 50.1 Å². The first-order valence-electron chi connectivity index (χ1n) is 16.0. The van der Waals surface area contributed by atoms with Gasteiger partial charge in [-0.3, -0.25) is 15.0 Å². The molecule has 0 unspecified atom stereocenters. The molecule has 3 aromatic carbocycles. The molecule has 0 saturated carbocycles. The molecule has 1 fully saturated rings. The maximum absolute atomic E-state index is 10.9. The molecule has 0 amide bonds. The Hall–Kier alpha value is -4.18. The second-order valence-electron chi connectivity index (χ2n) is 11.1. The minimum Gasteiger partial charge on any atom is -0.491 e. The van der Waals surface area contributed by atoms with Gasteiger partial charge in [0.15, 0.2) is 0 Å². The first-order chi connectivity index (χ1) is 21.6. The van der Waals surface area contributed by atoms with Gasteiger partial charge in [-0.15, -0.1) is 5.11 Å². The molecule has 0 aromatic heterocycles. The Balaban J connectivity index is 1.37. The molecular formula is C34H45N7O3. The second-order valence-corrected chi connectivity index (χ2v) is 11.1. The molecule has 44 heavy (non-hydrogen) atoms. The average molecular weight is 600 g/mol. The highest BCUT2D eigenvalue weighted by molar-refractivity contribution is 5.59. The van der Waals surface area contributed by atoms with E-state index in [-0.39, 0.29) is 5.69 Å². The highest BCUT2D eigenvalue weighted by Gasteiger charge is 2.16. The third-order valence-electron chi connectivity index (χ3n) is 7.73. The van der Waals surface area contributed by atoms with Crippen LogP contribution in [0.4, 0.5) is 34.1 Å². The minimum atomic E-state index is -0.439. The molecule has 234 valence electrons. The number of hydrogen-bond acceptors (Lipinski definition) is 9. The van der Waals surface area contributed by atoms with E-state index in [0.29, 0.717) is 29.4 Å². The van der Waals surface area contributed by atoms with Crippen LogP contribution >= 0.6 is 0 Å². The summed E-state index contributed by atoms with van der Waals surface area (Å²) in [6.07, 6.45) is 9.61. The van der Waals surface area contributed by atoms with E-state index in [4.69, 9.17) is 4.74 Å². The Kier molecular flexibility index (Phi) is 13.3. The predicted octanol–water partition coefficient (Wildman–Crippen LogP) is 10.1. The zero-order chi connectivity index (χ0) is 31.0. The quantitative estimate of drug-likeness (QED) is 0.0664. The summed E-state index contributed by atoms with van der Waals surface area (Å²) < 4.78 is 6.08. The van der Waals surface area contributed by atoms with Gasteiger partial charge in [-0.2, -0.15) is 15.3 Å². The molecule has 0 radical (unpaired) electrons. The minimum absolute atomic E-state index is 0.00994. The predicted molar refractivity (Wildman–Crippen MR) is 177 cm³/mol. The average Bonchev–Trinajstić information content (AvgIpc) is 3.06. The van der Waals surface area contributed by atoms with E-state index in [1.54, 1.807) is 18.2 Å². The molecule has 0 spiro atoms. The zero-order valence-electron chi connectivity index (χ0n) is 26.1. The Morgan fingerprint density at radius 1 is 0.705 bits per heavy atom. The van der Waals surface area contributed by atoms with Crippen molar-refractivity contribution < 1.29 is 9.66 Å². The van der Waals surface area contributed by atoms with Gasteiger partial charge >= 0.3 is 0 Å². The second kappa shape index (κ2) is 17.8. The third-order valence-corrected chi connectivity index (χ3v) is 7.73. The van der Waals surface area contributed by atoms with Crippen LogP contribution in [0.2, 0.25) is 0 Å². The summed E-state index contributed by atoms with van der Waals surface area (Å²) in [6.45, 7) is 10.5. The van der Waals surface area contributed by atoms with Crippen molar-refractivity contribution in [3.63, 3.8) is 0 Å². The molecule has 0 bridgehead atoms. The van der Waals surface area contributed by atoms with Crippen LogP contribution in [0.1, 0.15) is 65.2 Å². The van der Waals surface area contributed by atoms with Gasteiger partial charge in [0.1, 0.15) is 11.4 Å². The van der Waals surface area contributed by atoms with Crippen LogP contribution in [0.5, 0.6) is 5.75 Å². The van der Waals surface area contributed by atoms with Crippen molar-refractivity contribution in [2.45, 2.75) is 65.2 Å². The van der Waals surface area contributed by atoms with Crippen molar-refractivity contribution in [3.8, 4) is 5.75 Å². The van der Waals surface area contributed by atoms with E-state index in [1.165, 1.54) is 56.5 Å². The fourth-order valence-corrected chi connectivity index (χ4v) is 5.06. The van der Waals surface area contributed by atoms with Crippen molar-refractivity contribution >= 4 is 34.1 Å². The number of nitro benzene ring substituents is 1. The van der Waals surface area contributed by atoms with Gasteiger partial charge in [-0.1, -0.05) is 52.4 Å². The molecule has 0 atom stereocenters. The van der Waals surface area contributed by atoms with Gasteiger partial charge in [0.2, 0.25) is 0 Å². The van der Waals surface area contributed by atoms with E-state index in [9.17, 15) is 10.1 Å². The lowest BCUT2D eigenvalue weighted by molar-refractivity contribution is -0.384. The number of hydrogen-bond donors (Lipinski definition) is 0. The number of unbranched alkanes of at least 4 members (excludes halogenated alkanes) is 6. The monoisotopic (exact) mass is 599 g/mol. The summed E-state index contributed by atoms with van der Waals surface area (Å²) in [6, 6.07) is 19.7. The van der Waals surface area contributed by atoms with Gasteiger partial charge < -0.3 is 9.64 Å². The summed E-state index contributed by atoms with van der Waals surface area (Å²) in [4.78, 5) is 15.5. The van der Waals surface area contributed by atoms with Crippen LogP contribution in [-0.2, 0) is 0 Å². The summed E-state index contributed by atoms with van der Waals surface area (Å²) in [5, 5.41) is 28.5. The number of azo groups is 2. The van der Waals surface area contributed by atoms with Crippen molar-refractivity contribution in [1.29, 1.82) is 0 Å². The van der Waals surface area contributed by atoms with Crippen molar-refractivity contribution in [3.05, 3.63) is 76.8 Å². The summed E-state index contributed by atoms with van der Waals surface area (Å²) in [7, 11) is 0. The highest BCUT2D eigenvalue weighted by Crippen LogP contribution is 2.34. The normalized spacial score (nSPS) is 14.1. The molecule has 0 aliphatic carbocycles. The van der Waals surface area contributed by atoms with Crippen molar-refractivity contribution in [1.82, 2.24) is 4.90 Å². The van der Waals surface area contributed by atoms with Crippen LogP contribution < -0.4 is 9.64 Å². The molecule has 1 heterocycles. The number of nitrogens with zero attached hydrogens (tertiary/aromatic N) is 7. The number of ether oxygens (including phenoxy) is 1. The standard InChI is InChI=1S/C34H45N7O3/c1-3-5-7-9-21-39-22-24-40(25-23-39)31-16-11-28(12-17-31)35-37-30-15-20-33(34(27-30)44-26-10-8-6-4-2)38-36-29-13-18-32(19-14-29)41(42)43/h11-20,27H,3-10,21-26H2,1-2H3. The number of rotatable bonds is 17. The molecule has 3 aromatic rings. The maximum atomic E-state index is 10.9. The summed E-state index contributed by atoms with van der Waals surface area (Å²) in [5.41, 5.74) is 3.74. The number of anilines is 1. The number of nitro groups is 1. The Morgan fingerprint density at radius 3 is 1.95 bits per heavy atom. The van der Waals surface area contributed by atoms with Gasteiger partial charge in [0.05, 0.1) is 28.6 Å². The number of benzene rings is 3. The summed E-state index contributed by atoms with van der Waals surface area (Å²) in [5.74, 6) is 0.573. The lowest BCUT2D eigenvalue weighted by Gasteiger charge is -2.36. The lowest BCUT2D eigenvalue weighted by atomic mass is 10.2. The first kappa shape index (κ1) is 32.7. The fraction of sp³-hybridized carbons (Fsp3) is 0.471. The molecule has 1 aliphatic rings. The van der Waals surface area contributed by atoms with E-state index < -0.39 is 4.92 Å². The van der Waals surface area contributed by atoms with Crippen LogP contribution in [0.25, 0.3) is 0 Å². The summed E-state index contributed by atoms with van der Waals surface area (Å²) >= 11 is 0. The van der Waals surface area contributed by atoms with Crippen molar-refractivity contribution in [2.24, 2.45) is 20.5 Å². The van der Waals surface area contributed by atoms with Crippen LogP contribution in [0.15, 0.2) is 87.2 Å². The largest absolute Gasteiger partial charge is 0.491 e. The van der Waals surface area contributed by atoms with E-state index in [1.807, 2.05) is 24.3 Å². The molecule has 1 saturated heterocycles. The van der Waals surface area contributed by atoms with Crippen molar-refractivity contribution in [2.75, 3.05) is 44.2 Å². The Morgan fingerprint density at radius 2 is 1.30 bits per heavy atom. The SMILES string of the molecule is CCCCCCOc1cc(N=Nc2ccc(N3CCN(CCCCCC)CC3)cc2)ccc1N=Nc1ccc([N+](=O)[O-])cc1. The number of piperazine rings is 1. The third kappa shape index (κ3) is 10.5. The van der Waals surface area contributed by atoms with E-state index in [0.717, 1.165) is 51.1 Å². The first-order valence-corrected chi connectivity index (χ1v) is 16.0. The topological polar surface area (TPSA) is 108 Å². The molecular weight excluding hydrogens is 554 g/mol. The Labute approximate surface area is 261 Å². The van der Waals surface area contributed by atoms with Crippen LogP contribution in [0, 0.1) is 10.1 Å². The molecule has 4 rings (SSSR count). The van der Waals surface area contributed by atoms with Gasteiger partial charge in [-0.05, 0) is 67.9 Å². The smallest absolute Gasteiger partial charge is 0.269 e. The van der Waals surface area contributed by atoms with Gasteiger partial charge in [0.25, 0.3) is 5.69 Å². The van der Waals surface area contributed by atoms with E-state index in [2.05, 4.69) is 56.2 Å². The maximum Gasteiger partial charge on any atom is 0.269 e. The fourth-order valence-electron chi connectivity index (χ4n) is 5.06. The number of non-ortho nitro benzene ring substituents is 1. The van der Waals surface area contributed by atoms with E-state index >= 15 is 0 Å². The molecule has 10 nitrogen and oxygen atoms in total. The molecule has 10 heteroatoms. The Bertz CT molecular complexity index is 1350. The van der Waals surface area contributed by atoms with Crippen LogP contribution in [0.3, 0.4) is 0 Å². The zero-order valence-corrected chi connectivity index (χ0v) is 26.1. The highest BCUT2D eigenvalue weighted by atomic mass is 16.6. The molecule has 1 aliphatic heterocycles. The molecule has 0 N–H and O–H groups in total. The lowest BCUT2D eigenvalue weighted by Crippen LogP contribution is -2.46.